The van der Waals surface area contributed by atoms with E-state index >= 15 is 0 Å². The molecule has 130 valence electrons. The van der Waals surface area contributed by atoms with Crippen LogP contribution in [-0.2, 0) is 0 Å². The van der Waals surface area contributed by atoms with Crippen LogP contribution in [0.1, 0.15) is 44.7 Å². The first-order valence-electron chi connectivity index (χ1n) is 7.89. The second-order valence-electron chi connectivity index (χ2n) is 5.75. The van der Waals surface area contributed by atoms with Crippen LogP contribution in [0.4, 0.5) is 5.88 Å². The molecule has 7 heteroatoms. The number of carbonyl (C=O) groups excluding carboxylic acids is 2. The molecule has 0 aliphatic rings. The molecular weight excluding hydrogens is 332 g/mol. The first-order valence-corrected chi connectivity index (χ1v) is 7.89. The Bertz CT molecular complexity index is 1040. The molecule has 0 radical (unpaired) electrons. The van der Waals surface area contributed by atoms with Crippen molar-refractivity contribution in [1.82, 2.24) is 9.78 Å². The van der Waals surface area contributed by atoms with Gasteiger partial charge in [0.1, 0.15) is 17.4 Å². The summed E-state index contributed by atoms with van der Waals surface area (Å²) in [6, 6.07) is 11.3. The van der Waals surface area contributed by atoms with Gasteiger partial charge in [-0.25, -0.2) is 4.68 Å². The van der Waals surface area contributed by atoms with Gasteiger partial charge in [-0.1, -0.05) is 18.2 Å². The van der Waals surface area contributed by atoms with Crippen LogP contribution < -0.4 is 5.32 Å². The van der Waals surface area contributed by atoms with E-state index in [1.54, 1.807) is 18.5 Å². The zero-order chi connectivity index (χ0) is 18.8. The van der Waals surface area contributed by atoms with Crippen LogP contribution >= 0.6 is 0 Å². The summed E-state index contributed by atoms with van der Waals surface area (Å²) in [5, 5.41) is 16.1. The Balaban J connectivity index is 1.93. The number of nitrogens with zero attached hydrogens (tertiary/aromatic N) is 3. The summed E-state index contributed by atoms with van der Waals surface area (Å²) >= 11 is 0. The third-order valence-electron chi connectivity index (χ3n) is 4.03. The van der Waals surface area contributed by atoms with E-state index in [-0.39, 0.29) is 22.8 Å². The lowest BCUT2D eigenvalue weighted by Gasteiger charge is -2.05. The molecule has 7 nitrogen and oxygen atoms in total. The Morgan fingerprint density at radius 1 is 1.23 bits per heavy atom. The highest BCUT2D eigenvalue weighted by molar-refractivity contribution is 6.06. The van der Waals surface area contributed by atoms with E-state index in [4.69, 9.17) is 4.42 Å². The van der Waals surface area contributed by atoms with Crippen molar-refractivity contribution in [2.75, 3.05) is 5.32 Å². The maximum Gasteiger partial charge on any atom is 0.261 e. The van der Waals surface area contributed by atoms with E-state index < -0.39 is 5.91 Å². The molecule has 0 saturated heterocycles. The molecule has 3 aromatic rings. The van der Waals surface area contributed by atoms with Crippen molar-refractivity contribution >= 4 is 17.6 Å². The number of carbonyl (C=O) groups is 2. The molecule has 0 atom stereocenters. The zero-order valence-electron chi connectivity index (χ0n) is 14.5. The van der Waals surface area contributed by atoms with Crippen molar-refractivity contribution in [2.24, 2.45) is 0 Å². The number of hydrogen-bond acceptors (Lipinski definition) is 5. The molecular formula is C19H16N4O3. The Morgan fingerprint density at radius 2 is 1.92 bits per heavy atom. The van der Waals surface area contributed by atoms with Crippen molar-refractivity contribution < 1.29 is 14.0 Å². The van der Waals surface area contributed by atoms with Crippen LogP contribution in [0.25, 0.3) is 5.69 Å². The number of nitriles is 1. The third-order valence-corrected chi connectivity index (χ3v) is 4.03. The van der Waals surface area contributed by atoms with Gasteiger partial charge in [0.05, 0.1) is 28.7 Å². The fourth-order valence-electron chi connectivity index (χ4n) is 2.80. The van der Waals surface area contributed by atoms with Gasteiger partial charge in [-0.15, -0.1) is 0 Å². The Hall–Kier alpha value is -3.66. The maximum absolute atomic E-state index is 12.6. The summed E-state index contributed by atoms with van der Waals surface area (Å²) in [4.78, 5) is 24.3. The van der Waals surface area contributed by atoms with Gasteiger partial charge in [0.2, 0.25) is 5.88 Å². The number of amides is 1. The SMILES string of the molecule is CC(=O)c1c(C)oc(NC(=O)c2cnn(-c3ccccc3)c2C)c1C#N. The standard InChI is InChI=1S/C19H16N4O3/c1-11-16(10-21-23(11)14-7-5-4-6-8-14)18(25)22-19-15(9-20)17(12(2)24)13(3)26-19/h4-8,10H,1-3H3,(H,22,25). The first-order chi connectivity index (χ1) is 12.4. The van der Waals surface area contributed by atoms with Crippen LogP contribution in [0.15, 0.2) is 40.9 Å². The van der Waals surface area contributed by atoms with E-state index in [0.717, 1.165) is 5.69 Å². The van der Waals surface area contributed by atoms with Crippen molar-refractivity contribution in [3.63, 3.8) is 0 Å². The number of Topliss-reactive ketones (excluding diaryl/α,β-unsaturated/α-hetero) is 1. The number of anilines is 1. The Kier molecular flexibility index (Phi) is 4.42. The Labute approximate surface area is 149 Å². The lowest BCUT2D eigenvalue weighted by atomic mass is 10.1. The lowest BCUT2D eigenvalue weighted by molar-refractivity contribution is 0.101. The molecule has 0 fully saturated rings. The third kappa shape index (κ3) is 2.89. The number of benzene rings is 1. The predicted molar refractivity (Wildman–Crippen MR) is 94.4 cm³/mol. The molecule has 26 heavy (non-hydrogen) atoms. The van der Waals surface area contributed by atoms with Gasteiger partial charge in [-0.3, -0.25) is 14.9 Å². The second kappa shape index (κ2) is 6.69. The molecule has 0 saturated carbocycles. The number of ketones is 1. The van der Waals surface area contributed by atoms with Crippen LogP contribution in [0.3, 0.4) is 0 Å². The quantitative estimate of drug-likeness (QED) is 0.728. The van der Waals surface area contributed by atoms with Crippen LogP contribution in [0, 0.1) is 25.2 Å². The first kappa shape index (κ1) is 17.2. The minimum atomic E-state index is -0.468. The molecule has 2 heterocycles. The number of rotatable bonds is 4. The minimum absolute atomic E-state index is 0.0245. The van der Waals surface area contributed by atoms with E-state index in [1.165, 1.54) is 13.1 Å². The van der Waals surface area contributed by atoms with Crippen LogP contribution in [0.2, 0.25) is 0 Å². The van der Waals surface area contributed by atoms with Crippen molar-refractivity contribution in [2.45, 2.75) is 20.8 Å². The lowest BCUT2D eigenvalue weighted by Crippen LogP contribution is -2.13. The summed E-state index contributed by atoms with van der Waals surface area (Å²) in [5.41, 5.74) is 2.02. The van der Waals surface area contributed by atoms with E-state index in [1.807, 2.05) is 36.4 Å². The summed E-state index contributed by atoms with van der Waals surface area (Å²) in [7, 11) is 0. The highest BCUT2D eigenvalue weighted by Gasteiger charge is 2.24. The average molecular weight is 348 g/mol. The van der Waals surface area contributed by atoms with Crippen LogP contribution in [0.5, 0.6) is 0 Å². The maximum atomic E-state index is 12.6. The highest BCUT2D eigenvalue weighted by atomic mass is 16.4. The van der Waals surface area contributed by atoms with Crippen molar-refractivity contribution in [3.8, 4) is 11.8 Å². The molecule has 1 amide bonds. The smallest absolute Gasteiger partial charge is 0.261 e. The highest BCUT2D eigenvalue weighted by Crippen LogP contribution is 2.27. The fourth-order valence-corrected chi connectivity index (χ4v) is 2.80. The summed E-state index contributed by atoms with van der Waals surface area (Å²) < 4.78 is 7.07. The van der Waals surface area contributed by atoms with Gasteiger partial charge >= 0.3 is 0 Å². The molecule has 1 N–H and O–H groups in total. The monoisotopic (exact) mass is 348 g/mol. The molecule has 0 aliphatic carbocycles. The number of furan rings is 1. The fraction of sp³-hybridized carbons (Fsp3) is 0.158. The van der Waals surface area contributed by atoms with Gasteiger partial charge < -0.3 is 4.42 Å². The van der Waals surface area contributed by atoms with Gasteiger partial charge in [-0.05, 0) is 32.9 Å². The number of nitrogens with one attached hydrogen (secondary N) is 1. The number of para-hydroxylation sites is 1. The van der Waals surface area contributed by atoms with Crippen molar-refractivity contribution in [1.29, 1.82) is 5.26 Å². The molecule has 0 aliphatic heterocycles. The molecule has 1 aromatic carbocycles. The predicted octanol–water partition coefficient (Wildman–Crippen LogP) is 3.41. The summed E-state index contributed by atoms with van der Waals surface area (Å²) in [6.07, 6.45) is 1.45. The van der Waals surface area contributed by atoms with E-state index in [9.17, 15) is 14.9 Å². The zero-order valence-corrected chi connectivity index (χ0v) is 14.5. The second-order valence-corrected chi connectivity index (χ2v) is 5.75. The number of aromatic nitrogens is 2. The Morgan fingerprint density at radius 3 is 2.54 bits per heavy atom. The molecule has 0 spiro atoms. The summed E-state index contributed by atoms with van der Waals surface area (Å²) in [6.45, 7) is 4.69. The number of aryl methyl sites for hydroxylation is 1. The average Bonchev–Trinajstić information content (AvgIpc) is 3.15. The topological polar surface area (TPSA) is 101 Å². The van der Waals surface area contributed by atoms with Crippen LogP contribution in [-0.4, -0.2) is 21.5 Å². The van der Waals surface area contributed by atoms with Crippen molar-refractivity contribution in [3.05, 3.63) is 64.7 Å². The molecule has 0 unspecified atom stereocenters. The van der Waals surface area contributed by atoms with Gasteiger partial charge in [0, 0.05) is 0 Å². The van der Waals surface area contributed by atoms with E-state index in [0.29, 0.717) is 17.0 Å². The van der Waals surface area contributed by atoms with Gasteiger partial charge in [-0.2, -0.15) is 10.4 Å². The minimum Gasteiger partial charge on any atom is -0.443 e. The van der Waals surface area contributed by atoms with E-state index in [2.05, 4.69) is 10.4 Å². The molecule has 3 rings (SSSR count). The normalized spacial score (nSPS) is 10.4. The van der Waals surface area contributed by atoms with Gasteiger partial charge in [0.25, 0.3) is 5.91 Å². The molecule has 2 aromatic heterocycles. The van der Waals surface area contributed by atoms with Gasteiger partial charge in [0.15, 0.2) is 5.78 Å². The summed E-state index contributed by atoms with van der Waals surface area (Å²) in [5.74, 6) is -0.505. The number of hydrogen-bond donors (Lipinski definition) is 1. The largest absolute Gasteiger partial charge is 0.443 e. The molecule has 0 bridgehead atoms.